The van der Waals surface area contributed by atoms with E-state index >= 15 is 0 Å². The number of imidazole rings is 1. The number of carbonyl (C=O) groups excluding carboxylic acids is 1. The zero-order valence-corrected chi connectivity index (χ0v) is 16.4. The maximum absolute atomic E-state index is 12.1. The molecule has 7 heteroatoms. The van der Waals surface area contributed by atoms with Gasteiger partial charge in [0.1, 0.15) is 20.6 Å². The number of aromatic nitrogens is 2. The predicted molar refractivity (Wildman–Crippen MR) is 96.2 cm³/mol. The molecule has 1 aromatic carbocycles. The minimum Gasteiger partial charge on any atom is -0.444 e. The predicted octanol–water partition coefficient (Wildman–Crippen LogP) is 4.74. The number of nitrogens with zero attached hydrogens (tertiary/aromatic N) is 1. The van der Waals surface area contributed by atoms with Gasteiger partial charge in [-0.25, -0.2) is 9.78 Å². The van der Waals surface area contributed by atoms with Gasteiger partial charge in [-0.1, -0.05) is 30.3 Å². The highest BCUT2D eigenvalue weighted by atomic mass is 79.9. The average molecular weight is 445 g/mol. The summed E-state index contributed by atoms with van der Waals surface area (Å²) in [6.07, 6.45) is 0.133. The van der Waals surface area contributed by atoms with Crippen molar-refractivity contribution in [2.24, 2.45) is 0 Å². The Kier molecular flexibility index (Phi) is 5.86. The van der Waals surface area contributed by atoms with E-state index in [9.17, 15) is 4.79 Å². The maximum atomic E-state index is 12.1. The molecular weight excluding hydrogens is 426 g/mol. The fraction of sp³-hybridized carbons (Fsp3) is 0.375. The van der Waals surface area contributed by atoms with Gasteiger partial charge in [-0.3, -0.25) is 0 Å². The molecule has 124 valence electrons. The van der Waals surface area contributed by atoms with Crippen molar-refractivity contribution in [3.63, 3.8) is 0 Å². The second kappa shape index (κ2) is 7.49. The SMILES string of the molecule is CC(C)(C)OC(=O)N[C@@H](Cc1ccccc1)c1nc(Br)c(Br)[nH]1. The third-order valence-electron chi connectivity index (χ3n) is 2.94. The van der Waals surface area contributed by atoms with Crippen LogP contribution in [0.3, 0.4) is 0 Å². The summed E-state index contributed by atoms with van der Waals surface area (Å²) >= 11 is 6.73. The lowest BCUT2D eigenvalue weighted by atomic mass is 10.1. The molecule has 0 aliphatic heterocycles. The van der Waals surface area contributed by atoms with E-state index in [4.69, 9.17) is 4.74 Å². The Labute approximate surface area is 152 Å². The third kappa shape index (κ3) is 5.66. The quantitative estimate of drug-likeness (QED) is 0.715. The highest BCUT2D eigenvalue weighted by Gasteiger charge is 2.23. The number of alkyl carbamates (subject to hydrolysis) is 1. The summed E-state index contributed by atoms with van der Waals surface area (Å²) in [5.41, 5.74) is 0.545. The Bertz CT molecular complexity index is 646. The fourth-order valence-electron chi connectivity index (χ4n) is 2.03. The van der Waals surface area contributed by atoms with Gasteiger partial charge in [-0.05, 0) is 58.2 Å². The van der Waals surface area contributed by atoms with E-state index in [0.717, 1.165) is 10.2 Å². The first-order chi connectivity index (χ1) is 10.7. The normalized spacial score (nSPS) is 12.7. The molecule has 2 rings (SSSR count). The molecule has 0 saturated heterocycles. The zero-order valence-electron chi connectivity index (χ0n) is 13.2. The number of carbonyl (C=O) groups is 1. The van der Waals surface area contributed by atoms with Gasteiger partial charge in [0.15, 0.2) is 0 Å². The summed E-state index contributed by atoms with van der Waals surface area (Å²) in [6.45, 7) is 5.50. The molecule has 0 unspecified atom stereocenters. The molecule has 0 aliphatic carbocycles. The van der Waals surface area contributed by atoms with Crippen molar-refractivity contribution in [3.8, 4) is 0 Å². The van der Waals surface area contributed by atoms with Gasteiger partial charge in [0.2, 0.25) is 0 Å². The van der Waals surface area contributed by atoms with E-state index < -0.39 is 11.7 Å². The second-order valence-corrected chi connectivity index (χ2v) is 7.66. The molecule has 5 nitrogen and oxygen atoms in total. The molecule has 2 N–H and O–H groups in total. The first-order valence-corrected chi connectivity index (χ1v) is 8.77. The molecule has 1 amide bonds. The van der Waals surface area contributed by atoms with Crippen LogP contribution in [0.1, 0.15) is 38.2 Å². The van der Waals surface area contributed by atoms with Crippen molar-refractivity contribution in [1.82, 2.24) is 15.3 Å². The van der Waals surface area contributed by atoms with Crippen LogP contribution >= 0.6 is 31.9 Å². The number of hydrogen-bond acceptors (Lipinski definition) is 3. The smallest absolute Gasteiger partial charge is 0.408 e. The Morgan fingerprint density at radius 1 is 1.30 bits per heavy atom. The van der Waals surface area contributed by atoms with E-state index in [-0.39, 0.29) is 6.04 Å². The minimum absolute atomic E-state index is 0.324. The number of rotatable bonds is 4. The van der Waals surface area contributed by atoms with Crippen molar-refractivity contribution in [2.75, 3.05) is 0 Å². The molecule has 2 aromatic rings. The van der Waals surface area contributed by atoms with E-state index in [2.05, 4.69) is 47.1 Å². The highest BCUT2D eigenvalue weighted by molar-refractivity contribution is 9.13. The number of hydrogen-bond donors (Lipinski definition) is 2. The van der Waals surface area contributed by atoms with Crippen LogP contribution in [0, 0.1) is 0 Å². The monoisotopic (exact) mass is 443 g/mol. The van der Waals surface area contributed by atoms with Crippen molar-refractivity contribution in [2.45, 2.75) is 38.8 Å². The molecule has 0 spiro atoms. The van der Waals surface area contributed by atoms with Gasteiger partial charge >= 0.3 is 6.09 Å². The summed E-state index contributed by atoms with van der Waals surface area (Å²) in [6, 6.07) is 9.59. The number of halogens is 2. The lowest BCUT2D eigenvalue weighted by molar-refractivity contribution is 0.0501. The molecule has 0 aliphatic rings. The molecule has 1 heterocycles. The van der Waals surface area contributed by atoms with Crippen LogP contribution < -0.4 is 5.32 Å². The van der Waals surface area contributed by atoms with Gasteiger partial charge in [-0.2, -0.15) is 0 Å². The Morgan fingerprint density at radius 3 is 2.48 bits per heavy atom. The molecule has 0 saturated carbocycles. The summed E-state index contributed by atoms with van der Waals surface area (Å²) in [7, 11) is 0. The Hall–Kier alpha value is -1.34. The van der Waals surface area contributed by atoms with Crippen LogP contribution in [0.15, 0.2) is 39.5 Å². The summed E-state index contributed by atoms with van der Waals surface area (Å²) < 4.78 is 6.75. The van der Waals surface area contributed by atoms with E-state index in [1.807, 2.05) is 51.1 Å². The van der Waals surface area contributed by atoms with Crippen LogP contribution in [-0.2, 0) is 11.2 Å². The topological polar surface area (TPSA) is 67.0 Å². The molecule has 0 radical (unpaired) electrons. The van der Waals surface area contributed by atoms with Crippen LogP contribution in [-0.4, -0.2) is 21.7 Å². The van der Waals surface area contributed by atoms with E-state index in [0.29, 0.717) is 16.8 Å². The Balaban J connectivity index is 2.19. The van der Waals surface area contributed by atoms with Crippen molar-refractivity contribution in [3.05, 3.63) is 50.9 Å². The zero-order chi connectivity index (χ0) is 17.0. The fourth-order valence-corrected chi connectivity index (χ4v) is 2.61. The standard InChI is InChI=1S/C16H19Br2N3O2/c1-16(2,3)23-15(22)19-11(9-10-7-5-4-6-8-10)14-20-12(17)13(18)21-14/h4-8,11H,9H2,1-3H3,(H,19,22)(H,20,21)/t11-/m0/s1. The highest BCUT2D eigenvalue weighted by Crippen LogP contribution is 2.24. The first-order valence-electron chi connectivity index (χ1n) is 7.19. The summed E-state index contributed by atoms with van der Waals surface area (Å²) in [5, 5.41) is 2.88. The van der Waals surface area contributed by atoms with Crippen molar-refractivity contribution in [1.29, 1.82) is 0 Å². The molecule has 1 atom stereocenters. The summed E-state index contributed by atoms with van der Waals surface area (Å²) in [4.78, 5) is 19.6. The average Bonchev–Trinajstić information content (AvgIpc) is 2.77. The molecule has 0 bridgehead atoms. The first kappa shape index (κ1) is 18.0. The van der Waals surface area contributed by atoms with Gasteiger partial charge in [0.25, 0.3) is 0 Å². The molecule has 0 fully saturated rings. The number of aromatic amines is 1. The number of amides is 1. The second-order valence-electron chi connectivity index (χ2n) is 6.12. The molecule has 1 aromatic heterocycles. The van der Waals surface area contributed by atoms with Crippen LogP contribution in [0.5, 0.6) is 0 Å². The van der Waals surface area contributed by atoms with Gasteiger partial charge in [0, 0.05) is 6.42 Å². The van der Waals surface area contributed by atoms with Crippen molar-refractivity contribution >= 4 is 38.0 Å². The largest absolute Gasteiger partial charge is 0.444 e. The maximum Gasteiger partial charge on any atom is 0.408 e. The Morgan fingerprint density at radius 2 is 1.96 bits per heavy atom. The number of benzene rings is 1. The van der Waals surface area contributed by atoms with E-state index in [1.165, 1.54) is 0 Å². The van der Waals surface area contributed by atoms with Crippen molar-refractivity contribution < 1.29 is 9.53 Å². The molecule has 23 heavy (non-hydrogen) atoms. The lowest BCUT2D eigenvalue weighted by Gasteiger charge is -2.23. The van der Waals surface area contributed by atoms with Crippen LogP contribution in [0.2, 0.25) is 0 Å². The lowest BCUT2D eigenvalue weighted by Crippen LogP contribution is -2.36. The van der Waals surface area contributed by atoms with Gasteiger partial charge < -0.3 is 15.0 Å². The van der Waals surface area contributed by atoms with Crippen LogP contribution in [0.25, 0.3) is 0 Å². The number of H-pyrrole nitrogens is 1. The third-order valence-corrected chi connectivity index (χ3v) is 4.62. The summed E-state index contributed by atoms with van der Waals surface area (Å²) in [5.74, 6) is 0.651. The van der Waals surface area contributed by atoms with Crippen LogP contribution in [0.4, 0.5) is 4.79 Å². The molecular formula is C16H19Br2N3O2. The number of ether oxygens (including phenoxy) is 1. The van der Waals surface area contributed by atoms with Gasteiger partial charge in [-0.15, -0.1) is 0 Å². The number of nitrogens with one attached hydrogen (secondary N) is 2. The van der Waals surface area contributed by atoms with Gasteiger partial charge in [0.05, 0.1) is 6.04 Å². The van der Waals surface area contributed by atoms with E-state index in [1.54, 1.807) is 0 Å². The minimum atomic E-state index is -0.550.